The SMILES string of the molecule is CNc1cc(Cl)ccc1C1(C=O)C(CC(C)(C)C)NC(C(=O)NCCCN2CCN(C(C)C)CC2)C1c1cccc(Cl)c1F. The molecule has 0 aliphatic carbocycles. The summed E-state index contributed by atoms with van der Waals surface area (Å²) in [4.78, 5) is 32.6. The van der Waals surface area contributed by atoms with Crippen molar-refractivity contribution in [3.8, 4) is 0 Å². The first-order valence-electron chi connectivity index (χ1n) is 15.7. The average Bonchev–Trinajstić information content (AvgIpc) is 3.29. The number of nitrogens with zero attached hydrogens (tertiary/aromatic N) is 2. The number of anilines is 1. The quantitative estimate of drug-likeness (QED) is 0.214. The lowest BCUT2D eigenvalue weighted by Crippen LogP contribution is -2.49. The summed E-state index contributed by atoms with van der Waals surface area (Å²) in [5.74, 6) is -1.76. The van der Waals surface area contributed by atoms with Gasteiger partial charge in [0.2, 0.25) is 5.91 Å². The van der Waals surface area contributed by atoms with Gasteiger partial charge in [0.25, 0.3) is 0 Å². The van der Waals surface area contributed by atoms with Crippen LogP contribution in [0.2, 0.25) is 10.0 Å². The summed E-state index contributed by atoms with van der Waals surface area (Å²) in [6.07, 6.45) is 2.25. The number of carbonyl (C=O) groups is 2. The first-order valence-corrected chi connectivity index (χ1v) is 16.5. The van der Waals surface area contributed by atoms with Crippen molar-refractivity contribution in [1.82, 2.24) is 20.4 Å². The molecule has 2 heterocycles. The monoisotopic (exact) mass is 647 g/mol. The standard InChI is InChI=1S/C34H48Cl2FN5O2/c1-22(2)42-17-15-41(16-18-42)14-8-13-39-32(44)31-29(24-9-7-10-26(36)30(24)37)34(21-43,28(40-31)20-33(3,4)5)25-12-11-23(35)19-27(25)38-6/h7,9-12,19,21-22,28-29,31,38,40H,8,13-18,20H2,1-6H3,(H,39,44). The van der Waals surface area contributed by atoms with Crippen LogP contribution in [0.1, 0.15) is 64.5 Å². The van der Waals surface area contributed by atoms with Crippen LogP contribution in [-0.4, -0.2) is 86.4 Å². The predicted octanol–water partition coefficient (Wildman–Crippen LogP) is 5.70. The van der Waals surface area contributed by atoms with Crippen LogP contribution in [-0.2, 0) is 15.0 Å². The third-order valence-corrected chi connectivity index (χ3v) is 9.75. The molecule has 4 rings (SSSR count). The Bertz CT molecular complexity index is 1310. The zero-order chi connectivity index (χ0) is 32.2. The number of nitrogens with one attached hydrogen (secondary N) is 3. The van der Waals surface area contributed by atoms with Crippen molar-refractivity contribution in [2.75, 3.05) is 51.6 Å². The maximum Gasteiger partial charge on any atom is 0.237 e. The fraction of sp³-hybridized carbons (Fsp3) is 0.588. The number of amides is 1. The Morgan fingerprint density at radius 3 is 2.48 bits per heavy atom. The lowest BCUT2D eigenvalue weighted by molar-refractivity contribution is -0.123. The van der Waals surface area contributed by atoms with Crippen LogP contribution in [0.3, 0.4) is 0 Å². The Kier molecular flexibility index (Phi) is 11.4. The lowest BCUT2D eigenvalue weighted by Gasteiger charge is -2.39. The molecular weight excluding hydrogens is 600 g/mol. The van der Waals surface area contributed by atoms with Gasteiger partial charge in [-0.15, -0.1) is 0 Å². The molecule has 242 valence electrons. The fourth-order valence-corrected chi connectivity index (χ4v) is 7.36. The molecule has 0 spiro atoms. The first-order chi connectivity index (χ1) is 20.8. The van der Waals surface area contributed by atoms with Crippen LogP contribution in [0, 0.1) is 11.2 Å². The number of halogens is 3. The number of rotatable bonds is 11. The first kappa shape index (κ1) is 34.6. The van der Waals surface area contributed by atoms with Crippen molar-refractivity contribution in [3.05, 3.63) is 63.4 Å². The van der Waals surface area contributed by atoms with E-state index < -0.39 is 29.2 Å². The van der Waals surface area contributed by atoms with E-state index in [9.17, 15) is 9.59 Å². The molecule has 3 N–H and O–H groups in total. The van der Waals surface area contributed by atoms with Gasteiger partial charge in [-0.1, -0.05) is 62.2 Å². The van der Waals surface area contributed by atoms with Crippen molar-refractivity contribution < 1.29 is 14.0 Å². The Labute approximate surface area is 272 Å². The topological polar surface area (TPSA) is 76.7 Å². The van der Waals surface area contributed by atoms with Gasteiger partial charge in [0.1, 0.15) is 12.1 Å². The van der Waals surface area contributed by atoms with Crippen LogP contribution >= 0.6 is 23.2 Å². The van der Waals surface area contributed by atoms with Crippen molar-refractivity contribution in [1.29, 1.82) is 0 Å². The molecule has 0 aromatic heterocycles. The largest absolute Gasteiger partial charge is 0.388 e. The lowest BCUT2D eigenvalue weighted by atomic mass is 9.62. The van der Waals surface area contributed by atoms with E-state index in [2.05, 4.69) is 60.4 Å². The summed E-state index contributed by atoms with van der Waals surface area (Å²) < 4.78 is 15.9. The van der Waals surface area contributed by atoms with Gasteiger partial charge in [-0.3, -0.25) is 9.69 Å². The Morgan fingerprint density at radius 1 is 1.16 bits per heavy atom. The summed E-state index contributed by atoms with van der Waals surface area (Å²) in [6.45, 7) is 16.2. The summed E-state index contributed by atoms with van der Waals surface area (Å²) in [6, 6.07) is 9.28. The minimum Gasteiger partial charge on any atom is -0.388 e. The molecule has 4 unspecified atom stereocenters. The Hall–Kier alpha value is -2.23. The second kappa shape index (κ2) is 14.5. The molecule has 4 atom stereocenters. The van der Waals surface area contributed by atoms with E-state index >= 15 is 4.39 Å². The molecule has 0 bridgehead atoms. The minimum atomic E-state index is -1.31. The molecule has 2 aromatic carbocycles. The van der Waals surface area contributed by atoms with Gasteiger partial charge in [-0.25, -0.2) is 4.39 Å². The molecule has 1 amide bonds. The molecule has 2 aromatic rings. The zero-order valence-corrected chi connectivity index (χ0v) is 28.4. The number of piperazine rings is 1. The summed E-state index contributed by atoms with van der Waals surface area (Å²) in [5.41, 5.74) is 0.0202. The van der Waals surface area contributed by atoms with Crippen molar-refractivity contribution in [2.45, 2.75) is 76.9 Å². The maximum absolute atomic E-state index is 15.9. The highest BCUT2D eigenvalue weighted by Crippen LogP contribution is 2.53. The molecular formula is C34H48Cl2FN5O2. The van der Waals surface area contributed by atoms with Crippen molar-refractivity contribution in [2.24, 2.45) is 5.41 Å². The van der Waals surface area contributed by atoms with Crippen LogP contribution < -0.4 is 16.0 Å². The highest BCUT2D eigenvalue weighted by atomic mass is 35.5. The Balaban J connectivity index is 1.68. The van der Waals surface area contributed by atoms with Crippen molar-refractivity contribution >= 4 is 41.1 Å². The number of aldehydes is 1. The zero-order valence-electron chi connectivity index (χ0n) is 26.9. The van der Waals surface area contributed by atoms with Crippen LogP contribution in [0.25, 0.3) is 0 Å². The number of hydrogen-bond acceptors (Lipinski definition) is 6. The van der Waals surface area contributed by atoms with Gasteiger partial charge in [-0.2, -0.15) is 0 Å². The molecule has 2 aliphatic rings. The van der Waals surface area contributed by atoms with Gasteiger partial charge in [-0.05, 0) is 68.0 Å². The Morgan fingerprint density at radius 2 is 1.86 bits per heavy atom. The van der Waals surface area contributed by atoms with E-state index in [4.69, 9.17) is 23.2 Å². The predicted molar refractivity (Wildman–Crippen MR) is 178 cm³/mol. The molecule has 10 heteroatoms. The molecule has 7 nitrogen and oxygen atoms in total. The third-order valence-electron chi connectivity index (χ3n) is 9.22. The van der Waals surface area contributed by atoms with Gasteiger partial charge in [0.15, 0.2) is 0 Å². The van der Waals surface area contributed by atoms with Gasteiger partial charge in [0, 0.05) is 68.5 Å². The highest BCUT2D eigenvalue weighted by Gasteiger charge is 2.60. The number of hydrogen-bond donors (Lipinski definition) is 3. The smallest absolute Gasteiger partial charge is 0.237 e. The second-order valence-electron chi connectivity index (χ2n) is 13.7. The van der Waals surface area contributed by atoms with Gasteiger partial charge < -0.3 is 25.6 Å². The van der Waals surface area contributed by atoms with Crippen molar-refractivity contribution in [3.63, 3.8) is 0 Å². The molecule has 0 saturated carbocycles. The van der Waals surface area contributed by atoms with Crippen LogP contribution in [0.5, 0.6) is 0 Å². The average molecular weight is 649 g/mol. The highest BCUT2D eigenvalue weighted by molar-refractivity contribution is 6.31. The van der Waals surface area contributed by atoms with E-state index in [1.54, 1.807) is 31.3 Å². The molecule has 2 saturated heterocycles. The van der Waals surface area contributed by atoms with Gasteiger partial charge in [0.05, 0.1) is 16.5 Å². The summed E-state index contributed by atoms with van der Waals surface area (Å²) in [5, 5.41) is 10.3. The van der Waals surface area contributed by atoms with E-state index in [1.165, 1.54) is 6.07 Å². The van der Waals surface area contributed by atoms with E-state index in [0.29, 0.717) is 35.3 Å². The van der Waals surface area contributed by atoms with E-state index in [0.717, 1.165) is 45.4 Å². The summed E-state index contributed by atoms with van der Waals surface area (Å²) >= 11 is 12.7. The van der Waals surface area contributed by atoms with Gasteiger partial charge >= 0.3 is 0 Å². The molecule has 0 radical (unpaired) electrons. The number of benzene rings is 2. The fourth-order valence-electron chi connectivity index (χ4n) is 7.01. The number of carbonyl (C=O) groups excluding carboxylic acids is 2. The summed E-state index contributed by atoms with van der Waals surface area (Å²) in [7, 11) is 1.76. The van der Waals surface area contributed by atoms with Crippen LogP contribution in [0.4, 0.5) is 10.1 Å². The second-order valence-corrected chi connectivity index (χ2v) is 14.5. The molecule has 44 heavy (non-hydrogen) atoms. The normalized spacial score (nSPS) is 24.9. The minimum absolute atomic E-state index is 0.0526. The molecule has 2 fully saturated rings. The molecule has 2 aliphatic heterocycles. The maximum atomic E-state index is 15.9. The van der Waals surface area contributed by atoms with E-state index in [-0.39, 0.29) is 21.9 Å². The van der Waals surface area contributed by atoms with E-state index in [1.807, 2.05) is 6.07 Å². The van der Waals surface area contributed by atoms with Crippen LogP contribution in [0.15, 0.2) is 36.4 Å². The third kappa shape index (κ3) is 7.42.